The minimum Gasteiger partial charge on any atom is -0.385 e. The van der Waals surface area contributed by atoms with Crippen molar-refractivity contribution in [3.63, 3.8) is 0 Å². The molecule has 5 nitrogen and oxygen atoms in total. The molecular formula is C12H22N2O3. The highest BCUT2D eigenvalue weighted by atomic mass is 16.5. The van der Waals surface area contributed by atoms with Crippen molar-refractivity contribution in [2.45, 2.75) is 51.7 Å². The molecule has 1 rings (SSSR count). The lowest BCUT2D eigenvalue weighted by molar-refractivity contribution is -0.158. The number of hydrogen-bond donors (Lipinski definition) is 1. The highest BCUT2D eigenvalue weighted by Gasteiger charge is 2.46. The van der Waals surface area contributed by atoms with Crippen LogP contribution < -0.4 is 5.32 Å². The Kier molecular flexibility index (Phi) is 4.14. The summed E-state index contributed by atoms with van der Waals surface area (Å²) in [6, 6.07) is -0.452. The van der Waals surface area contributed by atoms with Crippen LogP contribution in [0.2, 0.25) is 0 Å². The molecule has 2 unspecified atom stereocenters. The van der Waals surface area contributed by atoms with Crippen LogP contribution in [0.3, 0.4) is 0 Å². The van der Waals surface area contributed by atoms with Crippen LogP contribution in [-0.4, -0.2) is 48.1 Å². The molecule has 1 heterocycles. The Balaban J connectivity index is 2.90. The number of hydrogen-bond acceptors (Lipinski definition) is 3. The predicted molar refractivity (Wildman–Crippen MR) is 64.5 cm³/mol. The van der Waals surface area contributed by atoms with Crippen LogP contribution in [0.25, 0.3) is 0 Å². The van der Waals surface area contributed by atoms with Gasteiger partial charge in [0.2, 0.25) is 11.8 Å². The van der Waals surface area contributed by atoms with Crippen LogP contribution in [0.1, 0.15) is 34.1 Å². The van der Waals surface area contributed by atoms with Crippen LogP contribution in [0.5, 0.6) is 0 Å². The second-order valence-electron chi connectivity index (χ2n) is 5.09. The molecule has 0 saturated carbocycles. The molecule has 0 aromatic carbocycles. The highest BCUT2D eigenvalue weighted by Crippen LogP contribution is 2.24. The van der Waals surface area contributed by atoms with E-state index in [1.165, 1.54) is 0 Å². The number of nitrogens with zero attached hydrogens (tertiary/aromatic N) is 1. The van der Waals surface area contributed by atoms with Gasteiger partial charge >= 0.3 is 0 Å². The Labute approximate surface area is 102 Å². The Bertz CT molecular complexity index is 315. The first-order chi connectivity index (χ1) is 7.82. The Morgan fingerprint density at radius 1 is 1.47 bits per heavy atom. The largest absolute Gasteiger partial charge is 0.385 e. The van der Waals surface area contributed by atoms with Crippen LogP contribution in [0, 0.1) is 0 Å². The van der Waals surface area contributed by atoms with Gasteiger partial charge in [-0.15, -0.1) is 0 Å². The molecule has 0 aliphatic carbocycles. The number of carbonyl (C=O) groups is 2. The molecule has 1 fully saturated rings. The minimum absolute atomic E-state index is 0.00838. The van der Waals surface area contributed by atoms with Crippen molar-refractivity contribution >= 4 is 11.8 Å². The monoisotopic (exact) mass is 242 g/mol. The van der Waals surface area contributed by atoms with Crippen molar-refractivity contribution in [1.29, 1.82) is 0 Å². The number of amides is 2. The number of methoxy groups -OCH3 is 1. The van der Waals surface area contributed by atoms with Gasteiger partial charge < -0.3 is 15.0 Å². The number of rotatable bonds is 4. The van der Waals surface area contributed by atoms with E-state index in [1.54, 1.807) is 32.8 Å². The van der Waals surface area contributed by atoms with Crippen LogP contribution in [-0.2, 0) is 14.3 Å². The van der Waals surface area contributed by atoms with Gasteiger partial charge in [-0.2, -0.15) is 0 Å². The summed E-state index contributed by atoms with van der Waals surface area (Å²) in [4.78, 5) is 25.8. The zero-order chi connectivity index (χ0) is 13.2. The second-order valence-corrected chi connectivity index (χ2v) is 5.09. The normalized spacial score (nSPS) is 25.7. The number of carbonyl (C=O) groups excluding carboxylic acids is 2. The average Bonchev–Trinajstić information content (AvgIpc) is 2.24. The first kappa shape index (κ1) is 14.0. The zero-order valence-corrected chi connectivity index (χ0v) is 11.2. The maximum absolute atomic E-state index is 12.2. The molecule has 98 valence electrons. The van der Waals surface area contributed by atoms with Gasteiger partial charge in [0, 0.05) is 19.8 Å². The lowest BCUT2D eigenvalue weighted by Gasteiger charge is -2.46. The molecule has 1 N–H and O–H groups in total. The van der Waals surface area contributed by atoms with E-state index in [9.17, 15) is 9.59 Å². The fourth-order valence-corrected chi connectivity index (χ4v) is 2.21. The molecule has 1 aliphatic heterocycles. The van der Waals surface area contributed by atoms with E-state index < -0.39 is 11.6 Å². The summed E-state index contributed by atoms with van der Waals surface area (Å²) in [5, 5.41) is 2.70. The highest BCUT2D eigenvalue weighted by molar-refractivity contribution is 5.99. The molecule has 2 atom stereocenters. The van der Waals surface area contributed by atoms with Crippen LogP contribution >= 0.6 is 0 Å². The van der Waals surface area contributed by atoms with Gasteiger partial charge in [0.25, 0.3) is 0 Å². The van der Waals surface area contributed by atoms with E-state index in [-0.39, 0.29) is 17.9 Å². The first-order valence-electron chi connectivity index (χ1n) is 5.95. The van der Waals surface area contributed by atoms with Crippen molar-refractivity contribution < 1.29 is 14.3 Å². The van der Waals surface area contributed by atoms with E-state index in [0.29, 0.717) is 6.61 Å². The Hall–Kier alpha value is -1.10. The quantitative estimate of drug-likeness (QED) is 0.782. The average molecular weight is 242 g/mol. The molecule has 1 aliphatic rings. The van der Waals surface area contributed by atoms with E-state index in [0.717, 1.165) is 6.42 Å². The van der Waals surface area contributed by atoms with Crippen molar-refractivity contribution in [2.75, 3.05) is 13.7 Å². The number of piperazine rings is 1. The van der Waals surface area contributed by atoms with E-state index in [4.69, 9.17) is 4.74 Å². The standard InChI is InChI=1S/C12H22N2O3/c1-8(6-7-17-5)14-10(15)9(2)13-11(16)12(14,3)4/h8-9H,6-7H2,1-5H3,(H,13,16). The van der Waals surface area contributed by atoms with Gasteiger partial charge in [0.15, 0.2) is 0 Å². The third-order valence-corrected chi connectivity index (χ3v) is 3.29. The van der Waals surface area contributed by atoms with Gasteiger partial charge in [-0.1, -0.05) is 0 Å². The van der Waals surface area contributed by atoms with Crippen LogP contribution in [0.15, 0.2) is 0 Å². The molecular weight excluding hydrogens is 220 g/mol. The van der Waals surface area contributed by atoms with Crippen molar-refractivity contribution in [3.05, 3.63) is 0 Å². The summed E-state index contributed by atoms with van der Waals surface area (Å²) in [5.74, 6) is -0.132. The smallest absolute Gasteiger partial charge is 0.246 e. The topological polar surface area (TPSA) is 58.6 Å². The van der Waals surface area contributed by atoms with Crippen molar-refractivity contribution in [1.82, 2.24) is 10.2 Å². The fraction of sp³-hybridized carbons (Fsp3) is 0.833. The third kappa shape index (κ3) is 2.60. The molecule has 1 saturated heterocycles. The molecule has 0 bridgehead atoms. The summed E-state index contributed by atoms with van der Waals surface area (Å²) in [5.41, 5.74) is -0.795. The molecule has 0 spiro atoms. The van der Waals surface area contributed by atoms with Crippen molar-refractivity contribution in [3.8, 4) is 0 Å². The van der Waals surface area contributed by atoms with Crippen LogP contribution in [0.4, 0.5) is 0 Å². The minimum atomic E-state index is -0.795. The van der Waals surface area contributed by atoms with E-state index >= 15 is 0 Å². The first-order valence-corrected chi connectivity index (χ1v) is 5.95. The fourth-order valence-electron chi connectivity index (χ4n) is 2.21. The zero-order valence-electron chi connectivity index (χ0n) is 11.2. The number of ether oxygens (including phenoxy) is 1. The Morgan fingerprint density at radius 2 is 2.06 bits per heavy atom. The molecule has 0 radical (unpaired) electrons. The summed E-state index contributed by atoms with van der Waals surface area (Å²) in [6.07, 6.45) is 0.728. The lowest BCUT2D eigenvalue weighted by Crippen LogP contribution is -2.69. The summed E-state index contributed by atoms with van der Waals surface area (Å²) < 4.78 is 5.02. The molecule has 5 heteroatoms. The molecule has 0 aromatic rings. The van der Waals surface area contributed by atoms with Crippen molar-refractivity contribution in [2.24, 2.45) is 0 Å². The molecule has 2 amide bonds. The van der Waals surface area contributed by atoms with Gasteiger partial charge in [-0.25, -0.2) is 0 Å². The van der Waals surface area contributed by atoms with E-state index in [1.807, 2.05) is 6.92 Å². The second kappa shape index (κ2) is 5.04. The van der Waals surface area contributed by atoms with Gasteiger partial charge in [-0.05, 0) is 34.1 Å². The lowest BCUT2D eigenvalue weighted by atomic mass is 9.93. The van der Waals surface area contributed by atoms with Gasteiger partial charge in [0.1, 0.15) is 11.6 Å². The summed E-state index contributed by atoms with van der Waals surface area (Å²) in [6.45, 7) is 7.79. The SMILES string of the molecule is COCCC(C)N1C(=O)C(C)NC(=O)C1(C)C. The predicted octanol–water partition coefficient (Wildman–Crippen LogP) is 0.537. The maximum atomic E-state index is 12.2. The molecule has 0 aromatic heterocycles. The molecule has 17 heavy (non-hydrogen) atoms. The summed E-state index contributed by atoms with van der Waals surface area (Å²) in [7, 11) is 1.63. The van der Waals surface area contributed by atoms with Gasteiger partial charge in [0.05, 0.1) is 0 Å². The number of nitrogens with one attached hydrogen (secondary N) is 1. The third-order valence-electron chi connectivity index (χ3n) is 3.29. The maximum Gasteiger partial charge on any atom is 0.246 e. The Morgan fingerprint density at radius 3 is 2.59 bits per heavy atom. The van der Waals surface area contributed by atoms with E-state index in [2.05, 4.69) is 5.32 Å². The summed E-state index contributed by atoms with van der Waals surface area (Å²) >= 11 is 0. The van der Waals surface area contributed by atoms with Gasteiger partial charge in [-0.3, -0.25) is 9.59 Å².